The average molecular weight is 364 g/mol. The minimum atomic E-state index is -1.06. The van der Waals surface area contributed by atoms with Gasteiger partial charge in [0.05, 0.1) is 24.6 Å². The van der Waals surface area contributed by atoms with Gasteiger partial charge < -0.3 is 14.4 Å². The van der Waals surface area contributed by atoms with E-state index in [4.69, 9.17) is 9.47 Å². The molecule has 10 heteroatoms. The highest BCUT2D eigenvalue weighted by atomic mass is 32.1. The Morgan fingerprint density at radius 3 is 1.96 bits per heavy atom. The van der Waals surface area contributed by atoms with Crippen molar-refractivity contribution in [1.82, 2.24) is 9.80 Å². The maximum atomic E-state index is 12.3. The molecular weight excluding hydrogens is 344 g/mol. The normalized spacial score (nSPS) is 16.7. The largest absolute Gasteiger partial charge is 0.463 e. The maximum absolute atomic E-state index is 12.3. The zero-order valence-corrected chi connectivity index (χ0v) is 14.8. The summed E-state index contributed by atoms with van der Waals surface area (Å²) in [6.07, 6.45) is 0. The molecule has 0 aromatic carbocycles. The summed E-state index contributed by atoms with van der Waals surface area (Å²) in [5.74, 6) is -1.55. The van der Waals surface area contributed by atoms with Crippen LogP contribution in [-0.4, -0.2) is 77.0 Å². The third kappa shape index (κ3) is 4.77. The first-order chi connectivity index (χ1) is 10.8. The third-order valence-corrected chi connectivity index (χ3v) is 3.84. The number of amides is 3. The van der Waals surface area contributed by atoms with Crippen LogP contribution in [0.2, 0.25) is 0 Å². The summed E-state index contributed by atoms with van der Waals surface area (Å²) in [6.45, 7) is 3.15. The molecule has 1 saturated heterocycles. The Balaban J connectivity index is 2.63. The van der Waals surface area contributed by atoms with Crippen LogP contribution in [0.25, 0.3) is 0 Å². The lowest BCUT2D eigenvalue weighted by Crippen LogP contribution is -2.45. The number of hydrogen-bond donors (Lipinski definition) is 2. The third-order valence-electron chi connectivity index (χ3n) is 3.32. The van der Waals surface area contributed by atoms with Gasteiger partial charge in [-0.3, -0.25) is 19.3 Å². The zero-order chi connectivity index (χ0) is 17.6. The second-order valence-electron chi connectivity index (χ2n) is 5.21. The minimum Gasteiger partial charge on any atom is -0.463 e. The van der Waals surface area contributed by atoms with Crippen LogP contribution < -0.4 is 0 Å². The molecule has 1 rings (SSSR count). The Bertz CT molecular complexity index is 497. The van der Waals surface area contributed by atoms with E-state index >= 15 is 0 Å². The van der Waals surface area contributed by atoms with Crippen LogP contribution >= 0.6 is 25.3 Å². The molecule has 0 aliphatic carbocycles. The molecule has 0 aromatic rings. The number of nitrogens with zero attached hydrogens (tertiary/aromatic N) is 2. The summed E-state index contributed by atoms with van der Waals surface area (Å²) in [4.78, 5) is 49.1. The second-order valence-corrected chi connectivity index (χ2v) is 5.84. The van der Waals surface area contributed by atoms with E-state index in [1.165, 1.54) is 4.90 Å². The number of rotatable bonds is 8. The number of urea groups is 1. The molecule has 0 bridgehead atoms. The first-order valence-electron chi connectivity index (χ1n) is 6.92. The fourth-order valence-electron chi connectivity index (χ4n) is 2.08. The highest BCUT2D eigenvalue weighted by molar-refractivity contribution is 7.81. The second kappa shape index (κ2) is 8.44. The molecule has 23 heavy (non-hydrogen) atoms. The highest BCUT2D eigenvalue weighted by Gasteiger charge is 2.50. The Morgan fingerprint density at radius 1 is 1.00 bits per heavy atom. The lowest BCUT2D eigenvalue weighted by Gasteiger charge is -2.27. The van der Waals surface area contributed by atoms with Crippen LogP contribution in [0, 0.1) is 0 Å². The highest BCUT2D eigenvalue weighted by Crippen LogP contribution is 2.27. The van der Waals surface area contributed by atoms with Gasteiger partial charge in [-0.15, -0.1) is 0 Å². The molecule has 130 valence electrons. The van der Waals surface area contributed by atoms with Crippen LogP contribution in [0.15, 0.2) is 0 Å². The molecule has 0 aromatic heterocycles. The van der Waals surface area contributed by atoms with Crippen molar-refractivity contribution in [1.29, 1.82) is 0 Å². The maximum Gasteiger partial charge on any atom is 0.327 e. The molecule has 0 N–H and O–H groups in total. The molecule has 1 fully saturated rings. The smallest absolute Gasteiger partial charge is 0.327 e. The number of thiol groups is 2. The van der Waals surface area contributed by atoms with Crippen molar-refractivity contribution in [3.8, 4) is 0 Å². The molecule has 1 aliphatic heterocycles. The van der Waals surface area contributed by atoms with Gasteiger partial charge in [0.25, 0.3) is 5.91 Å². The van der Waals surface area contributed by atoms with Gasteiger partial charge in [0, 0.05) is 0 Å². The van der Waals surface area contributed by atoms with Crippen molar-refractivity contribution in [3.63, 3.8) is 0 Å². The van der Waals surface area contributed by atoms with Crippen molar-refractivity contribution in [2.24, 2.45) is 0 Å². The topological polar surface area (TPSA) is 93.2 Å². The summed E-state index contributed by atoms with van der Waals surface area (Å²) in [6, 6.07) is -0.510. The molecule has 0 unspecified atom stereocenters. The van der Waals surface area contributed by atoms with Crippen molar-refractivity contribution in [2.45, 2.75) is 19.4 Å². The van der Waals surface area contributed by atoms with E-state index in [1.807, 2.05) is 0 Å². The lowest BCUT2D eigenvalue weighted by molar-refractivity contribution is -0.143. The van der Waals surface area contributed by atoms with Gasteiger partial charge in [-0.25, -0.2) is 4.79 Å². The van der Waals surface area contributed by atoms with E-state index in [0.29, 0.717) is 0 Å². The zero-order valence-electron chi connectivity index (χ0n) is 13.0. The van der Waals surface area contributed by atoms with Gasteiger partial charge in [-0.2, -0.15) is 25.3 Å². The minimum absolute atomic E-state index is 0.0235. The van der Waals surface area contributed by atoms with Crippen LogP contribution in [0.4, 0.5) is 4.79 Å². The number of hydrogen-bond acceptors (Lipinski definition) is 8. The Kier molecular flexibility index (Phi) is 7.20. The lowest BCUT2D eigenvalue weighted by atomic mass is 10.0. The Labute approximate surface area is 145 Å². The molecule has 8 nitrogen and oxygen atoms in total. The van der Waals surface area contributed by atoms with Gasteiger partial charge >= 0.3 is 18.0 Å². The molecule has 0 radical (unpaired) electrons. The predicted octanol–water partition coefficient (Wildman–Crippen LogP) is -0.0248. The molecule has 0 spiro atoms. The predicted molar refractivity (Wildman–Crippen MR) is 87.5 cm³/mol. The molecule has 1 heterocycles. The van der Waals surface area contributed by atoms with Crippen molar-refractivity contribution < 1.29 is 28.7 Å². The van der Waals surface area contributed by atoms with E-state index in [2.05, 4.69) is 25.3 Å². The van der Waals surface area contributed by atoms with Crippen molar-refractivity contribution in [2.75, 3.05) is 37.8 Å². The number of ether oxygens (including phenoxy) is 2. The summed E-state index contributed by atoms with van der Waals surface area (Å²) in [5.41, 5.74) is -1.06. The van der Waals surface area contributed by atoms with Crippen LogP contribution in [0.3, 0.4) is 0 Å². The summed E-state index contributed by atoms with van der Waals surface area (Å²) >= 11 is 7.54. The molecular formula is C13H20N2O6S2. The Morgan fingerprint density at radius 2 is 1.48 bits per heavy atom. The fraction of sp³-hybridized carbons (Fsp3) is 0.692. The van der Waals surface area contributed by atoms with Gasteiger partial charge in [-0.1, -0.05) is 0 Å². The SMILES string of the molecule is CC1(C)C(=O)N(CCOC(=O)CS)C(=O)N1CCOC(=O)CS. The first-order valence-corrected chi connectivity index (χ1v) is 8.18. The summed E-state index contributed by atoms with van der Waals surface area (Å²) in [7, 11) is 0. The van der Waals surface area contributed by atoms with E-state index in [1.54, 1.807) is 13.8 Å². The van der Waals surface area contributed by atoms with Crippen molar-refractivity contribution in [3.05, 3.63) is 0 Å². The summed E-state index contributed by atoms with van der Waals surface area (Å²) in [5, 5.41) is 0. The number of carbonyl (C=O) groups is 4. The molecule has 1 aliphatic rings. The van der Waals surface area contributed by atoms with E-state index in [9.17, 15) is 19.2 Å². The molecule has 0 atom stereocenters. The average Bonchev–Trinajstić information content (AvgIpc) is 2.68. The van der Waals surface area contributed by atoms with Crippen LogP contribution in [-0.2, 0) is 23.9 Å². The first kappa shape index (κ1) is 19.6. The molecule has 0 saturated carbocycles. The Hall–Kier alpha value is -1.42. The monoisotopic (exact) mass is 364 g/mol. The van der Waals surface area contributed by atoms with Gasteiger partial charge in [0.2, 0.25) is 0 Å². The van der Waals surface area contributed by atoms with E-state index in [0.717, 1.165) is 4.90 Å². The number of imide groups is 1. The van der Waals surface area contributed by atoms with Crippen molar-refractivity contribution >= 4 is 49.1 Å². The molecule has 3 amide bonds. The van der Waals surface area contributed by atoms with Crippen LogP contribution in [0.5, 0.6) is 0 Å². The quantitative estimate of drug-likeness (QED) is 0.357. The van der Waals surface area contributed by atoms with E-state index < -0.39 is 29.4 Å². The van der Waals surface area contributed by atoms with Crippen LogP contribution in [0.1, 0.15) is 13.8 Å². The van der Waals surface area contributed by atoms with E-state index in [-0.39, 0.29) is 37.8 Å². The number of carbonyl (C=O) groups excluding carboxylic acids is 4. The fourth-order valence-corrected chi connectivity index (χ4v) is 2.27. The van der Waals surface area contributed by atoms with Gasteiger partial charge in [0.1, 0.15) is 18.8 Å². The summed E-state index contributed by atoms with van der Waals surface area (Å²) < 4.78 is 9.70. The van der Waals surface area contributed by atoms with Gasteiger partial charge in [-0.05, 0) is 13.8 Å². The van der Waals surface area contributed by atoms with Gasteiger partial charge in [0.15, 0.2) is 0 Å². The number of esters is 2. The standard InChI is InChI=1S/C13H20N2O6S2/c1-13(2)11(18)14(3-5-20-9(16)7-22)12(19)15(13)4-6-21-10(17)8-23/h22-23H,3-8H2,1-2H3.